The first kappa shape index (κ1) is 14.1. The van der Waals surface area contributed by atoms with Gasteiger partial charge in [-0.2, -0.15) is 0 Å². The first-order valence-electron chi connectivity index (χ1n) is 5.81. The van der Waals surface area contributed by atoms with Gasteiger partial charge < -0.3 is 5.32 Å². The maximum Gasteiger partial charge on any atom is 0.0439 e. The average Bonchev–Trinajstić information content (AvgIpc) is 2.28. The highest BCUT2D eigenvalue weighted by Crippen LogP contribution is 2.13. The molecule has 1 aromatic rings. The molecule has 0 aromatic heterocycles. The quantitative estimate of drug-likeness (QED) is 0.788. The highest BCUT2D eigenvalue weighted by molar-refractivity contribution is 7.84. The molecule has 0 spiro atoms. The van der Waals surface area contributed by atoms with Gasteiger partial charge in [-0.05, 0) is 19.4 Å². The van der Waals surface area contributed by atoms with Crippen molar-refractivity contribution in [3.63, 3.8) is 0 Å². The van der Waals surface area contributed by atoms with E-state index in [2.05, 4.69) is 37.4 Å². The van der Waals surface area contributed by atoms with Gasteiger partial charge in [-0.15, -0.1) is 0 Å². The first-order chi connectivity index (χ1) is 8.09. The van der Waals surface area contributed by atoms with Crippen molar-refractivity contribution in [3.8, 4) is 0 Å². The molecule has 0 amide bonds. The molecule has 0 bridgehead atoms. The van der Waals surface area contributed by atoms with Crippen LogP contribution in [0.4, 0.5) is 0 Å². The molecule has 94 valence electrons. The number of allylic oxidation sites excluding steroid dienone is 1. The van der Waals surface area contributed by atoms with E-state index in [0.29, 0.717) is 5.75 Å². The zero-order valence-electron chi connectivity index (χ0n) is 10.8. The Hall–Kier alpha value is -0.930. The standard InChI is InChI=1S/C14H21NOS/c1-12(2)9-10-15-14(11-17(3)16)13-7-5-4-6-8-13/h4-9,14-15H,10-11H2,1-3H3/t14-,17-/m0/s1. The monoisotopic (exact) mass is 251 g/mol. The largest absolute Gasteiger partial charge is 0.306 e. The van der Waals surface area contributed by atoms with Gasteiger partial charge in [-0.3, -0.25) is 4.21 Å². The average molecular weight is 251 g/mol. The second kappa shape index (κ2) is 7.41. The summed E-state index contributed by atoms with van der Waals surface area (Å²) in [4.78, 5) is 0. The molecule has 0 heterocycles. The molecule has 3 heteroatoms. The lowest BCUT2D eigenvalue weighted by atomic mass is 10.1. The lowest BCUT2D eigenvalue weighted by Gasteiger charge is -2.17. The van der Waals surface area contributed by atoms with Crippen molar-refractivity contribution in [2.24, 2.45) is 0 Å². The molecule has 0 saturated carbocycles. The lowest BCUT2D eigenvalue weighted by Crippen LogP contribution is -2.26. The molecule has 1 aromatic carbocycles. The molecule has 0 aliphatic rings. The summed E-state index contributed by atoms with van der Waals surface area (Å²) in [5, 5.41) is 3.43. The number of benzene rings is 1. The summed E-state index contributed by atoms with van der Waals surface area (Å²) < 4.78 is 11.4. The third kappa shape index (κ3) is 5.80. The molecule has 0 fully saturated rings. The molecule has 0 aliphatic carbocycles. The van der Waals surface area contributed by atoms with E-state index in [0.717, 1.165) is 6.54 Å². The van der Waals surface area contributed by atoms with E-state index in [4.69, 9.17) is 0 Å². The summed E-state index contributed by atoms with van der Waals surface area (Å²) in [6.45, 7) is 4.98. The van der Waals surface area contributed by atoms with Crippen molar-refractivity contribution in [1.82, 2.24) is 5.32 Å². The zero-order valence-corrected chi connectivity index (χ0v) is 11.6. The Bertz CT molecular complexity index is 382. The smallest absolute Gasteiger partial charge is 0.0439 e. The number of rotatable bonds is 6. The highest BCUT2D eigenvalue weighted by Gasteiger charge is 2.11. The van der Waals surface area contributed by atoms with Crippen LogP contribution in [0.3, 0.4) is 0 Å². The Labute approximate surface area is 107 Å². The minimum atomic E-state index is -0.793. The molecule has 1 N–H and O–H groups in total. The Morgan fingerprint density at radius 2 is 2.00 bits per heavy atom. The van der Waals surface area contributed by atoms with E-state index < -0.39 is 10.8 Å². The molecule has 2 nitrogen and oxygen atoms in total. The summed E-state index contributed by atoms with van der Waals surface area (Å²) in [7, 11) is -0.793. The van der Waals surface area contributed by atoms with Crippen LogP contribution in [0, 0.1) is 0 Å². The van der Waals surface area contributed by atoms with E-state index in [1.165, 1.54) is 11.1 Å². The maximum atomic E-state index is 11.4. The summed E-state index contributed by atoms with van der Waals surface area (Å²) in [5.74, 6) is 0.653. The molecule has 2 atom stereocenters. The van der Waals surface area contributed by atoms with Crippen molar-refractivity contribution >= 4 is 10.8 Å². The number of hydrogen-bond donors (Lipinski definition) is 1. The SMILES string of the molecule is CC(C)=CCN[C@@H](C[S@](C)=O)c1ccccc1. The molecule has 0 saturated heterocycles. The van der Waals surface area contributed by atoms with Crippen molar-refractivity contribution in [2.75, 3.05) is 18.6 Å². The van der Waals surface area contributed by atoms with Gasteiger partial charge in [-0.25, -0.2) is 0 Å². The van der Waals surface area contributed by atoms with Crippen LogP contribution >= 0.6 is 0 Å². The van der Waals surface area contributed by atoms with Crippen LogP contribution in [-0.2, 0) is 10.8 Å². The first-order valence-corrected chi connectivity index (χ1v) is 7.54. The normalized spacial score (nSPS) is 14.1. The number of nitrogens with one attached hydrogen (secondary N) is 1. The van der Waals surface area contributed by atoms with Gasteiger partial charge in [-0.1, -0.05) is 42.0 Å². The fraction of sp³-hybridized carbons (Fsp3) is 0.429. The Morgan fingerprint density at radius 1 is 1.35 bits per heavy atom. The van der Waals surface area contributed by atoms with Crippen molar-refractivity contribution in [1.29, 1.82) is 0 Å². The van der Waals surface area contributed by atoms with Gasteiger partial charge in [0, 0.05) is 35.4 Å². The van der Waals surface area contributed by atoms with Crippen LogP contribution < -0.4 is 5.32 Å². The van der Waals surface area contributed by atoms with Gasteiger partial charge in [0.15, 0.2) is 0 Å². The predicted molar refractivity (Wildman–Crippen MR) is 75.6 cm³/mol. The van der Waals surface area contributed by atoms with Gasteiger partial charge in [0.25, 0.3) is 0 Å². The molecule has 0 unspecified atom stereocenters. The van der Waals surface area contributed by atoms with E-state index in [1.54, 1.807) is 6.26 Å². The Kier molecular flexibility index (Phi) is 6.16. The van der Waals surface area contributed by atoms with E-state index >= 15 is 0 Å². The van der Waals surface area contributed by atoms with Crippen LogP contribution in [0.25, 0.3) is 0 Å². The fourth-order valence-corrected chi connectivity index (χ4v) is 2.38. The molecule has 17 heavy (non-hydrogen) atoms. The fourth-order valence-electron chi connectivity index (χ4n) is 1.60. The summed E-state index contributed by atoms with van der Waals surface area (Å²) >= 11 is 0. The van der Waals surface area contributed by atoms with Crippen molar-refractivity contribution in [2.45, 2.75) is 19.9 Å². The highest BCUT2D eigenvalue weighted by atomic mass is 32.2. The van der Waals surface area contributed by atoms with Crippen LogP contribution in [0.1, 0.15) is 25.5 Å². The van der Waals surface area contributed by atoms with Crippen LogP contribution in [0.15, 0.2) is 42.0 Å². The van der Waals surface area contributed by atoms with Gasteiger partial charge in [0.2, 0.25) is 0 Å². The van der Waals surface area contributed by atoms with Crippen molar-refractivity contribution in [3.05, 3.63) is 47.5 Å². The van der Waals surface area contributed by atoms with Gasteiger partial charge in [0.1, 0.15) is 0 Å². The lowest BCUT2D eigenvalue weighted by molar-refractivity contribution is 0.611. The molecular formula is C14H21NOS. The molecule has 0 aliphatic heterocycles. The van der Waals surface area contributed by atoms with Crippen LogP contribution in [0.2, 0.25) is 0 Å². The Morgan fingerprint density at radius 3 is 2.53 bits per heavy atom. The summed E-state index contributed by atoms with van der Waals surface area (Å²) in [5.41, 5.74) is 2.49. The molecule has 1 rings (SSSR count). The number of hydrogen-bond acceptors (Lipinski definition) is 2. The topological polar surface area (TPSA) is 29.1 Å². The van der Waals surface area contributed by atoms with Crippen LogP contribution in [-0.4, -0.2) is 22.8 Å². The molecular weight excluding hydrogens is 230 g/mol. The predicted octanol–water partition coefficient (Wildman–Crippen LogP) is 2.66. The van der Waals surface area contributed by atoms with E-state index in [9.17, 15) is 4.21 Å². The third-order valence-electron chi connectivity index (χ3n) is 2.48. The summed E-state index contributed by atoms with van der Waals surface area (Å²) in [6.07, 6.45) is 3.90. The van der Waals surface area contributed by atoms with Gasteiger partial charge >= 0.3 is 0 Å². The second-order valence-electron chi connectivity index (χ2n) is 4.39. The van der Waals surface area contributed by atoms with E-state index in [-0.39, 0.29) is 6.04 Å². The second-order valence-corrected chi connectivity index (χ2v) is 5.87. The van der Waals surface area contributed by atoms with Crippen LogP contribution in [0.5, 0.6) is 0 Å². The van der Waals surface area contributed by atoms with E-state index in [1.807, 2.05) is 18.2 Å². The Balaban J connectivity index is 2.67. The minimum absolute atomic E-state index is 0.164. The summed E-state index contributed by atoms with van der Waals surface area (Å²) in [6, 6.07) is 10.4. The zero-order chi connectivity index (χ0) is 12.7. The minimum Gasteiger partial charge on any atom is -0.306 e. The van der Waals surface area contributed by atoms with Crippen molar-refractivity contribution < 1.29 is 4.21 Å². The third-order valence-corrected chi connectivity index (χ3v) is 3.28. The molecule has 0 radical (unpaired) electrons. The maximum absolute atomic E-state index is 11.4. The van der Waals surface area contributed by atoms with Gasteiger partial charge in [0.05, 0.1) is 0 Å².